The molecule has 6 heteroatoms. The summed E-state index contributed by atoms with van der Waals surface area (Å²) in [5, 5.41) is 16.8. The van der Waals surface area contributed by atoms with Gasteiger partial charge in [0.2, 0.25) is 0 Å². The van der Waals surface area contributed by atoms with Crippen LogP contribution in [0.5, 0.6) is 0 Å². The Morgan fingerprint density at radius 3 is 2.41 bits per heavy atom. The van der Waals surface area contributed by atoms with E-state index in [1.54, 1.807) is 4.68 Å². The second-order valence-electron chi connectivity index (χ2n) is 5.37. The van der Waals surface area contributed by atoms with Crippen LogP contribution in [0.1, 0.15) is 37.0 Å². The van der Waals surface area contributed by atoms with Gasteiger partial charge in [0.05, 0.1) is 12.2 Å². The van der Waals surface area contributed by atoms with Crippen LogP contribution in [-0.2, 0) is 12.0 Å². The molecule has 0 fully saturated rings. The first-order valence-corrected chi connectivity index (χ1v) is 5.55. The molecule has 1 heterocycles. The van der Waals surface area contributed by atoms with E-state index in [4.69, 9.17) is 5.11 Å². The highest BCUT2D eigenvalue weighted by Gasteiger charge is 2.28. The molecule has 0 aromatic carbocycles. The third kappa shape index (κ3) is 3.26. The lowest BCUT2D eigenvalue weighted by atomic mass is 9.90. The molecule has 0 amide bonds. The maximum Gasteiger partial charge on any atom is 0.358 e. The first-order valence-electron chi connectivity index (χ1n) is 5.55. The van der Waals surface area contributed by atoms with Crippen LogP contribution in [0, 0.1) is 0 Å². The number of hydrogen-bond donors (Lipinski definition) is 1. The van der Waals surface area contributed by atoms with Gasteiger partial charge in [-0.1, -0.05) is 26.0 Å². The molecule has 0 saturated carbocycles. The highest BCUT2D eigenvalue weighted by Crippen LogP contribution is 2.24. The van der Waals surface area contributed by atoms with Crippen molar-refractivity contribution in [1.29, 1.82) is 0 Å². The molecule has 0 radical (unpaired) electrons. The van der Waals surface area contributed by atoms with Gasteiger partial charge in [-0.3, -0.25) is 0 Å². The highest BCUT2D eigenvalue weighted by atomic mass is 16.4. The Bertz CT molecular complexity index is 404. The topological polar surface area (TPSA) is 71.2 Å². The summed E-state index contributed by atoms with van der Waals surface area (Å²) >= 11 is 0. The normalized spacial score (nSPS) is 12.1. The zero-order chi connectivity index (χ0) is 13.2. The number of aromatic nitrogens is 3. The molecule has 0 atom stereocenters. The number of rotatable bonds is 4. The average Bonchev–Trinajstić information content (AvgIpc) is 2.57. The largest absolute Gasteiger partial charge is 0.476 e. The minimum atomic E-state index is -1.02. The molecule has 1 aromatic heterocycles. The van der Waals surface area contributed by atoms with Crippen molar-refractivity contribution in [3.8, 4) is 0 Å². The zero-order valence-electron chi connectivity index (χ0n) is 11.1. The van der Waals surface area contributed by atoms with Crippen LogP contribution in [0.15, 0.2) is 0 Å². The van der Waals surface area contributed by atoms with Gasteiger partial charge in [0, 0.05) is 12.0 Å². The predicted octanol–water partition coefficient (Wildman–Crippen LogP) is 0.835. The smallest absolute Gasteiger partial charge is 0.358 e. The van der Waals surface area contributed by atoms with E-state index in [2.05, 4.69) is 10.3 Å². The molecule has 0 saturated heterocycles. The number of likely N-dealkylation sites (N-methyl/N-ethyl adjacent to an activating group) is 1. The van der Waals surface area contributed by atoms with Crippen LogP contribution in [0.2, 0.25) is 0 Å². The van der Waals surface area contributed by atoms with Gasteiger partial charge in [-0.25, -0.2) is 9.48 Å². The van der Waals surface area contributed by atoms with Gasteiger partial charge in [0.1, 0.15) is 0 Å². The lowest BCUT2D eigenvalue weighted by molar-refractivity contribution is 0.0687. The van der Waals surface area contributed by atoms with E-state index in [0.29, 0.717) is 12.2 Å². The standard InChI is InChI=1S/C11H20N4O2/c1-11(2,3)9-8(10(16)17)12-13-15(9)7-6-14(4)5/h6-7H2,1-5H3,(H,16,17). The van der Waals surface area contributed by atoms with E-state index < -0.39 is 5.97 Å². The Morgan fingerprint density at radius 1 is 1.41 bits per heavy atom. The summed E-state index contributed by atoms with van der Waals surface area (Å²) in [6.07, 6.45) is 0. The van der Waals surface area contributed by atoms with Gasteiger partial charge in [-0.2, -0.15) is 0 Å². The van der Waals surface area contributed by atoms with Crippen LogP contribution in [-0.4, -0.2) is 51.6 Å². The van der Waals surface area contributed by atoms with Crippen LogP contribution in [0.4, 0.5) is 0 Å². The van der Waals surface area contributed by atoms with E-state index in [9.17, 15) is 4.79 Å². The number of carbonyl (C=O) groups is 1. The van der Waals surface area contributed by atoms with E-state index in [0.717, 1.165) is 6.54 Å². The van der Waals surface area contributed by atoms with E-state index in [1.165, 1.54) is 0 Å². The van der Waals surface area contributed by atoms with E-state index in [1.807, 2.05) is 39.8 Å². The van der Waals surface area contributed by atoms with Crippen molar-refractivity contribution in [2.75, 3.05) is 20.6 Å². The number of carboxylic acids is 1. The van der Waals surface area contributed by atoms with Crippen molar-refractivity contribution >= 4 is 5.97 Å². The SMILES string of the molecule is CN(C)CCn1nnc(C(=O)O)c1C(C)(C)C. The quantitative estimate of drug-likeness (QED) is 0.844. The van der Waals surface area contributed by atoms with Crippen LogP contribution in [0.3, 0.4) is 0 Å². The fourth-order valence-electron chi connectivity index (χ4n) is 1.65. The van der Waals surface area contributed by atoms with Gasteiger partial charge in [-0.05, 0) is 14.1 Å². The number of nitrogens with zero attached hydrogens (tertiary/aromatic N) is 4. The second kappa shape index (κ2) is 4.83. The van der Waals surface area contributed by atoms with E-state index in [-0.39, 0.29) is 11.1 Å². The molecular weight excluding hydrogens is 220 g/mol. The minimum Gasteiger partial charge on any atom is -0.476 e. The monoisotopic (exact) mass is 240 g/mol. The Morgan fingerprint density at radius 2 is 2.00 bits per heavy atom. The lowest BCUT2D eigenvalue weighted by Gasteiger charge is -2.21. The third-order valence-electron chi connectivity index (χ3n) is 2.41. The van der Waals surface area contributed by atoms with Gasteiger partial charge >= 0.3 is 5.97 Å². The molecule has 0 spiro atoms. The summed E-state index contributed by atoms with van der Waals surface area (Å²) in [5.41, 5.74) is 0.437. The van der Waals surface area contributed by atoms with Crippen molar-refractivity contribution in [3.63, 3.8) is 0 Å². The molecule has 0 bridgehead atoms. The first-order chi connectivity index (χ1) is 7.73. The van der Waals surface area contributed by atoms with Gasteiger partial charge < -0.3 is 10.0 Å². The maximum atomic E-state index is 11.1. The molecule has 0 aliphatic carbocycles. The fourth-order valence-corrected chi connectivity index (χ4v) is 1.65. The van der Waals surface area contributed by atoms with Crippen molar-refractivity contribution < 1.29 is 9.90 Å². The number of carboxylic acid groups (broad SMARTS) is 1. The Hall–Kier alpha value is -1.43. The molecule has 96 valence electrons. The lowest BCUT2D eigenvalue weighted by Crippen LogP contribution is -2.25. The minimum absolute atomic E-state index is 0.0521. The highest BCUT2D eigenvalue weighted by molar-refractivity contribution is 5.86. The molecule has 0 aliphatic rings. The molecule has 1 rings (SSSR count). The summed E-state index contributed by atoms with van der Waals surface area (Å²) in [5.74, 6) is -1.02. The summed E-state index contributed by atoms with van der Waals surface area (Å²) in [4.78, 5) is 13.1. The van der Waals surface area contributed by atoms with Gasteiger partial charge in [0.15, 0.2) is 5.69 Å². The summed E-state index contributed by atoms with van der Waals surface area (Å²) in [7, 11) is 3.93. The van der Waals surface area contributed by atoms with Crippen molar-refractivity contribution in [2.45, 2.75) is 32.7 Å². The zero-order valence-corrected chi connectivity index (χ0v) is 11.1. The Labute approximate surface area is 101 Å². The number of hydrogen-bond acceptors (Lipinski definition) is 4. The third-order valence-corrected chi connectivity index (χ3v) is 2.41. The molecule has 0 aliphatic heterocycles. The Kier molecular flexibility index (Phi) is 3.87. The first kappa shape index (κ1) is 13.6. The molecule has 17 heavy (non-hydrogen) atoms. The van der Waals surface area contributed by atoms with Crippen molar-refractivity contribution in [2.24, 2.45) is 0 Å². The summed E-state index contributed by atoms with van der Waals surface area (Å²) < 4.78 is 1.68. The van der Waals surface area contributed by atoms with Gasteiger partial charge in [-0.15, -0.1) is 5.10 Å². The molecular formula is C11H20N4O2. The molecule has 6 nitrogen and oxygen atoms in total. The summed E-state index contributed by atoms with van der Waals surface area (Å²) in [6.45, 7) is 7.32. The van der Waals surface area contributed by atoms with Crippen LogP contribution in [0.25, 0.3) is 0 Å². The molecule has 1 aromatic rings. The molecule has 0 unspecified atom stereocenters. The van der Waals surface area contributed by atoms with Crippen LogP contribution < -0.4 is 0 Å². The van der Waals surface area contributed by atoms with E-state index >= 15 is 0 Å². The fraction of sp³-hybridized carbons (Fsp3) is 0.727. The van der Waals surface area contributed by atoms with Crippen molar-refractivity contribution in [1.82, 2.24) is 19.9 Å². The van der Waals surface area contributed by atoms with Crippen molar-refractivity contribution in [3.05, 3.63) is 11.4 Å². The predicted molar refractivity (Wildman–Crippen MR) is 64.2 cm³/mol. The van der Waals surface area contributed by atoms with Gasteiger partial charge in [0.25, 0.3) is 0 Å². The summed E-state index contributed by atoms with van der Waals surface area (Å²) in [6, 6.07) is 0. The Balaban J connectivity index is 3.10. The molecule has 1 N–H and O–H groups in total. The van der Waals surface area contributed by atoms with Crippen LogP contribution >= 0.6 is 0 Å². The average molecular weight is 240 g/mol. The number of aromatic carboxylic acids is 1. The second-order valence-corrected chi connectivity index (χ2v) is 5.37. The maximum absolute atomic E-state index is 11.1.